The molecule has 6 nitrogen and oxygen atoms in total. The first-order valence-corrected chi connectivity index (χ1v) is 13.1. The topological polar surface area (TPSA) is 79.4 Å². The minimum Gasteiger partial charge on any atom is -0.497 e. The fourth-order valence-corrected chi connectivity index (χ4v) is 5.63. The van der Waals surface area contributed by atoms with Crippen molar-refractivity contribution in [2.75, 3.05) is 20.8 Å². The van der Waals surface area contributed by atoms with Gasteiger partial charge in [0.05, 0.1) is 25.1 Å². The van der Waals surface area contributed by atoms with E-state index in [2.05, 4.69) is 0 Å². The summed E-state index contributed by atoms with van der Waals surface area (Å²) in [4.78, 5) is 18.7. The van der Waals surface area contributed by atoms with Crippen LogP contribution >= 0.6 is 11.6 Å². The maximum atomic E-state index is 13.7. The molecule has 0 radical (unpaired) electrons. The minimum absolute atomic E-state index is 0.0572. The highest BCUT2D eigenvalue weighted by molar-refractivity contribution is 6.31. The van der Waals surface area contributed by atoms with E-state index in [9.17, 15) is 4.79 Å². The lowest BCUT2D eigenvalue weighted by Gasteiger charge is -2.29. The zero-order chi connectivity index (χ0) is 25.9. The van der Waals surface area contributed by atoms with Gasteiger partial charge in [0.1, 0.15) is 17.3 Å². The quantitative estimate of drug-likeness (QED) is 0.317. The molecule has 1 aliphatic carbocycles. The van der Waals surface area contributed by atoms with Gasteiger partial charge in [-0.25, -0.2) is 4.98 Å². The van der Waals surface area contributed by atoms with E-state index in [1.165, 1.54) is 0 Å². The van der Waals surface area contributed by atoms with Crippen molar-refractivity contribution in [1.82, 2.24) is 9.55 Å². The third-order valence-electron chi connectivity index (χ3n) is 7.44. The second kappa shape index (κ2) is 11.0. The molecule has 5 rings (SSSR count). The Bertz CT molecular complexity index is 1470. The van der Waals surface area contributed by atoms with Crippen LogP contribution in [0, 0.1) is 11.8 Å². The summed E-state index contributed by atoms with van der Waals surface area (Å²) < 4.78 is 12.8. The first-order chi connectivity index (χ1) is 18.0. The van der Waals surface area contributed by atoms with Crippen LogP contribution in [-0.2, 0) is 6.54 Å². The van der Waals surface area contributed by atoms with Gasteiger partial charge in [-0.1, -0.05) is 42.3 Å². The van der Waals surface area contributed by atoms with Crippen LogP contribution in [-0.4, -0.2) is 30.3 Å². The standard InChI is InChI=1S/C30H32ClN3O3/c1-36-24-11-12-25(28(16-24)37-2)21-6-8-22(9-7-21)29-33-27-13-10-23(31)15-26(27)30(35)34(29)18-20-5-3-4-19(14-20)17-32/h6-13,15-16,19-20H,3-5,14,17-18,32H2,1-2H3. The molecule has 0 saturated heterocycles. The number of hydrogen-bond acceptors (Lipinski definition) is 5. The van der Waals surface area contributed by atoms with E-state index in [1.54, 1.807) is 26.4 Å². The van der Waals surface area contributed by atoms with Crippen molar-refractivity contribution < 1.29 is 9.47 Å². The van der Waals surface area contributed by atoms with Crippen LogP contribution in [0.3, 0.4) is 0 Å². The number of hydrogen-bond donors (Lipinski definition) is 1. The van der Waals surface area contributed by atoms with Gasteiger partial charge in [0.25, 0.3) is 5.56 Å². The fraction of sp³-hybridized carbons (Fsp3) is 0.333. The Kier molecular flexibility index (Phi) is 7.49. The predicted octanol–water partition coefficient (Wildman–Crippen LogP) is 6.17. The van der Waals surface area contributed by atoms with Crippen molar-refractivity contribution >= 4 is 22.5 Å². The molecule has 1 heterocycles. The van der Waals surface area contributed by atoms with Crippen LogP contribution in [0.4, 0.5) is 0 Å². The molecule has 2 unspecified atom stereocenters. The number of nitrogens with two attached hydrogens (primary N) is 1. The summed E-state index contributed by atoms with van der Waals surface area (Å²) in [5.74, 6) is 3.04. The Morgan fingerprint density at radius 1 is 0.973 bits per heavy atom. The number of halogens is 1. The number of ether oxygens (including phenoxy) is 2. The molecule has 1 aromatic heterocycles. The van der Waals surface area contributed by atoms with Crippen molar-refractivity contribution in [1.29, 1.82) is 0 Å². The van der Waals surface area contributed by atoms with Gasteiger partial charge in [-0.05, 0) is 73.5 Å². The smallest absolute Gasteiger partial charge is 0.261 e. The van der Waals surface area contributed by atoms with Gasteiger partial charge in [0, 0.05) is 28.8 Å². The van der Waals surface area contributed by atoms with Crippen molar-refractivity contribution in [3.8, 4) is 34.0 Å². The van der Waals surface area contributed by atoms with Crippen LogP contribution in [0.25, 0.3) is 33.4 Å². The third-order valence-corrected chi connectivity index (χ3v) is 7.68. The highest BCUT2D eigenvalue weighted by Gasteiger charge is 2.24. The lowest BCUT2D eigenvalue weighted by atomic mass is 9.81. The minimum atomic E-state index is -0.0572. The average Bonchev–Trinajstić information content (AvgIpc) is 2.94. The summed E-state index contributed by atoms with van der Waals surface area (Å²) in [6.45, 7) is 1.31. The molecule has 0 bridgehead atoms. The Morgan fingerprint density at radius 3 is 2.46 bits per heavy atom. The first-order valence-electron chi connectivity index (χ1n) is 12.7. The summed E-state index contributed by atoms with van der Waals surface area (Å²) in [5.41, 5.74) is 9.42. The average molecular weight is 518 g/mol. The van der Waals surface area contributed by atoms with Crippen LogP contribution in [0.2, 0.25) is 5.02 Å². The van der Waals surface area contributed by atoms with Crippen molar-refractivity contribution in [3.05, 3.63) is 76.0 Å². The molecular weight excluding hydrogens is 486 g/mol. The Labute approximate surface area is 222 Å². The maximum Gasteiger partial charge on any atom is 0.261 e. The summed E-state index contributed by atoms with van der Waals surface area (Å²) in [7, 11) is 3.29. The SMILES string of the molecule is COc1ccc(-c2ccc(-c3nc4ccc(Cl)cc4c(=O)n3CC3CCCC(CN)C3)cc2)c(OC)c1. The zero-order valence-electron chi connectivity index (χ0n) is 21.2. The number of methoxy groups -OCH3 is 2. The Morgan fingerprint density at radius 2 is 1.73 bits per heavy atom. The molecule has 3 aromatic carbocycles. The summed E-state index contributed by atoms with van der Waals surface area (Å²) in [6.07, 6.45) is 4.43. The molecule has 2 atom stereocenters. The van der Waals surface area contributed by atoms with Crippen LogP contribution in [0.15, 0.2) is 65.5 Å². The molecule has 0 aliphatic heterocycles. The number of nitrogens with zero attached hydrogens (tertiary/aromatic N) is 2. The number of fused-ring (bicyclic) bond motifs is 1. The van der Waals surface area contributed by atoms with Crippen molar-refractivity contribution in [3.63, 3.8) is 0 Å². The largest absolute Gasteiger partial charge is 0.497 e. The molecule has 4 aromatic rings. The normalized spacial score (nSPS) is 17.6. The summed E-state index contributed by atoms with van der Waals surface area (Å²) in [6, 6.07) is 19.2. The van der Waals surface area contributed by atoms with Gasteiger partial charge in [0.15, 0.2) is 0 Å². The zero-order valence-corrected chi connectivity index (χ0v) is 22.0. The van der Waals surface area contributed by atoms with E-state index < -0.39 is 0 Å². The molecule has 2 N–H and O–H groups in total. The molecule has 1 fully saturated rings. The highest BCUT2D eigenvalue weighted by atomic mass is 35.5. The second-order valence-electron chi connectivity index (χ2n) is 9.79. The number of aromatic nitrogens is 2. The van der Waals surface area contributed by atoms with Crippen LogP contribution < -0.4 is 20.8 Å². The monoisotopic (exact) mass is 517 g/mol. The first kappa shape index (κ1) is 25.3. The van der Waals surface area contributed by atoms with Crippen molar-refractivity contribution in [2.24, 2.45) is 17.6 Å². The maximum absolute atomic E-state index is 13.7. The highest BCUT2D eigenvalue weighted by Crippen LogP contribution is 2.35. The Balaban J connectivity index is 1.57. The van der Waals surface area contributed by atoms with Crippen LogP contribution in [0.1, 0.15) is 25.7 Å². The summed E-state index contributed by atoms with van der Waals surface area (Å²) >= 11 is 6.24. The van der Waals surface area contributed by atoms with Crippen molar-refractivity contribution in [2.45, 2.75) is 32.2 Å². The predicted molar refractivity (Wildman–Crippen MR) is 149 cm³/mol. The third kappa shape index (κ3) is 5.22. The van der Waals surface area contributed by atoms with Gasteiger partial charge in [0.2, 0.25) is 0 Å². The molecule has 192 valence electrons. The molecule has 37 heavy (non-hydrogen) atoms. The fourth-order valence-electron chi connectivity index (χ4n) is 5.46. The van der Waals surface area contributed by atoms with E-state index >= 15 is 0 Å². The van der Waals surface area contributed by atoms with E-state index in [0.717, 1.165) is 53.9 Å². The lowest BCUT2D eigenvalue weighted by molar-refractivity contribution is 0.246. The van der Waals surface area contributed by atoms with Gasteiger partial charge in [-0.2, -0.15) is 0 Å². The van der Waals surface area contributed by atoms with Gasteiger partial charge in [-0.3, -0.25) is 9.36 Å². The second-order valence-corrected chi connectivity index (χ2v) is 10.2. The summed E-state index contributed by atoms with van der Waals surface area (Å²) in [5, 5.41) is 1.08. The van der Waals surface area contributed by atoms with E-state index in [-0.39, 0.29) is 5.56 Å². The molecule has 1 aliphatic rings. The van der Waals surface area contributed by atoms with Gasteiger partial charge >= 0.3 is 0 Å². The Hall–Kier alpha value is -3.35. The number of benzene rings is 3. The molecular formula is C30H32ClN3O3. The lowest BCUT2D eigenvalue weighted by Crippen LogP contribution is -2.30. The van der Waals surface area contributed by atoms with E-state index in [4.69, 9.17) is 31.8 Å². The van der Waals surface area contributed by atoms with Gasteiger partial charge in [-0.15, -0.1) is 0 Å². The molecule has 0 spiro atoms. The molecule has 7 heteroatoms. The molecule has 1 saturated carbocycles. The molecule has 0 amide bonds. The van der Waals surface area contributed by atoms with Crippen LogP contribution in [0.5, 0.6) is 11.5 Å². The van der Waals surface area contributed by atoms with E-state index in [0.29, 0.717) is 46.7 Å². The number of rotatable bonds is 7. The van der Waals surface area contributed by atoms with Gasteiger partial charge < -0.3 is 15.2 Å². The van der Waals surface area contributed by atoms with E-state index in [1.807, 2.05) is 53.1 Å².